The highest BCUT2D eigenvalue weighted by Gasteiger charge is 2.29. The highest BCUT2D eigenvalue weighted by Crippen LogP contribution is 2.19. The standard InChI is InChI=1S/C14H21F3N4O/c1-4-10(2)21-13(18-3)20-8-11-6-5-7-19-12(11)22-9-14(15,16)17/h5-7,10H,4,8-9H2,1-3H3,(H2,18,20,21). The molecular formula is C14H21F3N4O. The van der Waals surface area contributed by atoms with Gasteiger partial charge in [0.05, 0.1) is 0 Å². The Kier molecular flexibility index (Phi) is 6.94. The quantitative estimate of drug-likeness (QED) is 0.625. The first-order valence-electron chi connectivity index (χ1n) is 6.96. The lowest BCUT2D eigenvalue weighted by Crippen LogP contribution is -2.41. The zero-order chi connectivity index (χ0) is 16.6. The predicted octanol–water partition coefficient (Wildman–Crippen LogP) is 2.49. The molecule has 0 aliphatic heterocycles. The van der Waals surface area contributed by atoms with Crippen molar-refractivity contribution in [3.8, 4) is 5.88 Å². The van der Waals surface area contributed by atoms with Crippen LogP contribution in [0.5, 0.6) is 5.88 Å². The van der Waals surface area contributed by atoms with Crippen molar-refractivity contribution < 1.29 is 17.9 Å². The molecule has 2 N–H and O–H groups in total. The van der Waals surface area contributed by atoms with Crippen molar-refractivity contribution in [3.05, 3.63) is 23.9 Å². The summed E-state index contributed by atoms with van der Waals surface area (Å²) in [6, 6.07) is 3.53. The van der Waals surface area contributed by atoms with Crippen LogP contribution in [0.1, 0.15) is 25.8 Å². The summed E-state index contributed by atoms with van der Waals surface area (Å²) in [5, 5.41) is 6.19. The van der Waals surface area contributed by atoms with Gasteiger partial charge in [0, 0.05) is 31.4 Å². The average molecular weight is 318 g/mol. The summed E-state index contributed by atoms with van der Waals surface area (Å²) in [4.78, 5) is 7.90. The van der Waals surface area contributed by atoms with Gasteiger partial charge in [0.25, 0.3) is 0 Å². The molecule has 0 radical (unpaired) electrons. The first-order valence-corrected chi connectivity index (χ1v) is 6.96. The molecule has 0 aliphatic carbocycles. The van der Waals surface area contributed by atoms with Gasteiger partial charge in [0.2, 0.25) is 5.88 Å². The number of aromatic nitrogens is 1. The van der Waals surface area contributed by atoms with Crippen molar-refractivity contribution in [1.82, 2.24) is 15.6 Å². The molecule has 0 aliphatic rings. The van der Waals surface area contributed by atoms with Crippen molar-refractivity contribution in [1.29, 1.82) is 0 Å². The zero-order valence-corrected chi connectivity index (χ0v) is 12.9. The summed E-state index contributed by atoms with van der Waals surface area (Å²) in [6.07, 6.45) is -2.08. The van der Waals surface area contributed by atoms with Gasteiger partial charge >= 0.3 is 6.18 Å². The lowest BCUT2D eigenvalue weighted by Gasteiger charge is -2.17. The van der Waals surface area contributed by atoms with Crippen LogP contribution in [0.15, 0.2) is 23.3 Å². The molecule has 0 saturated heterocycles. The highest BCUT2D eigenvalue weighted by molar-refractivity contribution is 5.79. The molecule has 22 heavy (non-hydrogen) atoms. The van der Waals surface area contributed by atoms with Gasteiger partial charge in [-0.3, -0.25) is 4.99 Å². The predicted molar refractivity (Wildman–Crippen MR) is 78.9 cm³/mol. The number of hydrogen-bond acceptors (Lipinski definition) is 3. The monoisotopic (exact) mass is 318 g/mol. The van der Waals surface area contributed by atoms with Crippen molar-refractivity contribution >= 4 is 5.96 Å². The Bertz CT molecular complexity index is 491. The average Bonchev–Trinajstić information content (AvgIpc) is 2.49. The fourth-order valence-electron chi connectivity index (χ4n) is 1.55. The number of rotatable bonds is 6. The molecule has 1 rings (SSSR count). The normalized spacial score (nSPS) is 13.6. The Morgan fingerprint density at radius 2 is 2.18 bits per heavy atom. The molecule has 8 heteroatoms. The molecule has 1 heterocycles. The van der Waals surface area contributed by atoms with Gasteiger partial charge in [-0.25, -0.2) is 4.98 Å². The molecular weight excluding hydrogens is 297 g/mol. The summed E-state index contributed by atoms with van der Waals surface area (Å²) < 4.78 is 41.4. The van der Waals surface area contributed by atoms with Gasteiger partial charge < -0.3 is 15.4 Å². The summed E-state index contributed by atoms with van der Waals surface area (Å²) in [5.74, 6) is 0.534. The molecule has 0 aromatic carbocycles. The van der Waals surface area contributed by atoms with E-state index in [0.29, 0.717) is 11.5 Å². The third-order valence-electron chi connectivity index (χ3n) is 2.89. The molecule has 0 spiro atoms. The van der Waals surface area contributed by atoms with Gasteiger partial charge in [0.15, 0.2) is 12.6 Å². The number of pyridine rings is 1. The van der Waals surface area contributed by atoms with Gasteiger partial charge in [-0.15, -0.1) is 0 Å². The maximum absolute atomic E-state index is 12.2. The van der Waals surface area contributed by atoms with Gasteiger partial charge in [0.1, 0.15) is 0 Å². The number of nitrogens with zero attached hydrogens (tertiary/aromatic N) is 2. The molecule has 124 valence electrons. The number of halogens is 3. The SMILES string of the molecule is CCC(C)NC(=NC)NCc1cccnc1OCC(F)(F)F. The van der Waals surface area contributed by atoms with E-state index >= 15 is 0 Å². The molecule has 1 aromatic heterocycles. The van der Waals surface area contributed by atoms with E-state index in [1.807, 2.05) is 13.8 Å². The fourth-order valence-corrected chi connectivity index (χ4v) is 1.55. The molecule has 0 amide bonds. The lowest BCUT2D eigenvalue weighted by atomic mass is 10.2. The van der Waals surface area contributed by atoms with E-state index in [1.54, 1.807) is 19.2 Å². The minimum absolute atomic E-state index is 0.0358. The van der Waals surface area contributed by atoms with Crippen LogP contribution >= 0.6 is 0 Å². The summed E-state index contributed by atoms with van der Waals surface area (Å²) in [5.41, 5.74) is 0.527. The maximum atomic E-state index is 12.2. The van der Waals surface area contributed by atoms with Gasteiger partial charge in [-0.05, 0) is 19.4 Å². The van der Waals surface area contributed by atoms with E-state index in [-0.39, 0.29) is 18.5 Å². The number of nitrogens with one attached hydrogen (secondary N) is 2. The largest absolute Gasteiger partial charge is 0.468 e. The second-order valence-corrected chi connectivity index (χ2v) is 4.75. The van der Waals surface area contributed by atoms with E-state index in [9.17, 15) is 13.2 Å². The van der Waals surface area contributed by atoms with E-state index in [1.165, 1.54) is 6.20 Å². The Morgan fingerprint density at radius 1 is 1.45 bits per heavy atom. The van der Waals surface area contributed by atoms with Crippen LogP contribution in [0.25, 0.3) is 0 Å². The van der Waals surface area contributed by atoms with Crippen LogP contribution in [0.2, 0.25) is 0 Å². The number of aliphatic imine (C=N–C) groups is 1. The van der Waals surface area contributed by atoms with Crippen LogP contribution in [0, 0.1) is 0 Å². The summed E-state index contributed by atoms with van der Waals surface area (Å²) in [6.45, 7) is 2.94. The maximum Gasteiger partial charge on any atom is 0.422 e. The second-order valence-electron chi connectivity index (χ2n) is 4.75. The smallest absolute Gasteiger partial charge is 0.422 e. The number of guanidine groups is 1. The van der Waals surface area contributed by atoms with Crippen molar-refractivity contribution in [2.24, 2.45) is 4.99 Å². The first-order chi connectivity index (χ1) is 10.4. The third-order valence-corrected chi connectivity index (χ3v) is 2.89. The van der Waals surface area contributed by atoms with Gasteiger partial charge in [-0.2, -0.15) is 13.2 Å². The Hall–Kier alpha value is -1.99. The molecule has 5 nitrogen and oxygen atoms in total. The minimum atomic E-state index is -4.39. The molecule has 1 aromatic rings. The topological polar surface area (TPSA) is 58.5 Å². The number of hydrogen-bond donors (Lipinski definition) is 2. The first kappa shape index (κ1) is 18.1. The summed E-state index contributed by atoms with van der Waals surface area (Å²) in [7, 11) is 1.63. The van der Waals surface area contributed by atoms with Crippen LogP contribution in [-0.2, 0) is 6.54 Å². The van der Waals surface area contributed by atoms with Crippen molar-refractivity contribution in [2.75, 3.05) is 13.7 Å². The Morgan fingerprint density at radius 3 is 2.77 bits per heavy atom. The van der Waals surface area contributed by atoms with Crippen LogP contribution in [0.4, 0.5) is 13.2 Å². The highest BCUT2D eigenvalue weighted by atomic mass is 19.4. The van der Waals surface area contributed by atoms with E-state index < -0.39 is 12.8 Å². The Balaban J connectivity index is 2.65. The van der Waals surface area contributed by atoms with E-state index in [2.05, 4.69) is 20.6 Å². The molecule has 0 fully saturated rings. The number of alkyl halides is 3. The minimum Gasteiger partial charge on any atom is -0.468 e. The van der Waals surface area contributed by atoms with Crippen LogP contribution in [0.3, 0.4) is 0 Å². The summed E-state index contributed by atoms with van der Waals surface area (Å²) >= 11 is 0. The fraction of sp³-hybridized carbons (Fsp3) is 0.571. The lowest BCUT2D eigenvalue weighted by molar-refractivity contribution is -0.154. The second kappa shape index (κ2) is 8.45. The van der Waals surface area contributed by atoms with Crippen LogP contribution in [-0.4, -0.2) is 36.8 Å². The van der Waals surface area contributed by atoms with E-state index in [0.717, 1.165) is 6.42 Å². The van der Waals surface area contributed by atoms with Gasteiger partial charge in [-0.1, -0.05) is 13.0 Å². The molecule has 0 saturated carbocycles. The third kappa shape index (κ3) is 6.64. The molecule has 1 unspecified atom stereocenters. The van der Waals surface area contributed by atoms with E-state index in [4.69, 9.17) is 4.74 Å². The Labute approximate surface area is 128 Å². The van der Waals surface area contributed by atoms with Crippen molar-refractivity contribution in [2.45, 2.75) is 39.0 Å². The van der Waals surface area contributed by atoms with Crippen molar-refractivity contribution in [3.63, 3.8) is 0 Å². The van der Waals surface area contributed by atoms with Crippen LogP contribution < -0.4 is 15.4 Å². The zero-order valence-electron chi connectivity index (χ0n) is 12.9. The molecule has 1 atom stereocenters. The molecule has 0 bridgehead atoms. The number of ether oxygens (including phenoxy) is 1.